The SMILES string of the molecule is CC1(C(=O)Nc2n[nH]c3c2CNCC3)COc2ccccc2O1. The first-order chi connectivity index (χ1) is 11.2. The van der Waals surface area contributed by atoms with Crippen molar-refractivity contribution in [3.63, 3.8) is 0 Å². The van der Waals surface area contributed by atoms with Crippen molar-refractivity contribution in [3.05, 3.63) is 35.5 Å². The number of anilines is 1. The highest BCUT2D eigenvalue weighted by atomic mass is 16.6. The van der Waals surface area contributed by atoms with Gasteiger partial charge < -0.3 is 20.1 Å². The molecule has 2 aromatic rings. The van der Waals surface area contributed by atoms with Gasteiger partial charge in [-0.2, -0.15) is 5.10 Å². The van der Waals surface area contributed by atoms with E-state index in [0.717, 1.165) is 24.2 Å². The molecule has 3 heterocycles. The molecule has 1 aromatic heterocycles. The number of carbonyl (C=O) groups is 1. The van der Waals surface area contributed by atoms with Gasteiger partial charge in [0.05, 0.1) is 0 Å². The lowest BCUT2D eigenvalue weighted by Gasteiger charge is -2.34. The fourth-order valence-corrected chi connectivity index (χ4v) is 2.82. The first kappa shape index (κ1) is 14.1. The predicted molar refractivity (Wildman–Crippen MR) is 83.6 cm³/mol. The quantitative estimate of drug-likeness (QED) is 0.776. The third-order valence-corrected chi connectivity index (χ3v) is 4.21. The van der Waals surface area contributed by atoms with Gasteiger partial charge in [-0.25, -0.2) is 0 Å². The summed E-state index contributed by atoms with van der Waals surface area (Å²) in [5.41, 5.74) is 0.975. The summed E-state index contributed by atoms with van der Waals surface area (Å²) in [6, 6.07) is 7.33. The van der Waals surface area contributed by atoms with E-state index in [9.17, 15) is 4.79 Å². The summed E-state index contributed by atoms with van der Waals surface area (Å²) in [7, 11) is 0. The molecular weight excluding hydrogens is 296 g/mol. The molecule has 0 aliphatic carbocycles. The maximum atomic E-state index is 12.7. The fourth-order valence-electron chi connectivity index (χ4n) is 2.82. The number of para-hydroxylation sites is 2. The number of fused-ring (bicyclic) bond motifs is 2. The predicted octanol–water partition coefficient (Wildman–Crippen LogP) is 1.22. The zero-order chi connectivity index (χ0) is 15.9. The summed E-state index contributed by atoms with van der Waals surface area (Å²) in [6.07, 6.45) is 0.877. The minimum absolute atomic E-state index is 0.153. The van der Waals surface area contributed by atoms with Gasteiger partial charge in [-0.1, -0.05) is 12.1 Å². The highest BCUT2D eigenvalue weighted by Gasteiger charge is 2.41. The smallest absolute Gasteiger partial charge is 0.273 e. The van der Waals surface area contributed by atoms with Gasteiger partial charge in [-0.15, -0.1) is 0 Å². The monoisotopic (exact) mass is 314 g/mol. The lowest BCUT2D eigenvalue weighted by molar-refractivity contribution is -0.134. The van der Waals surface area contributed by atoms with Crippen molar-refractivity contribution >= 4 is 11.7 Å². The minimum atomic E-state index is -1.09. The lowest BCUT2D eigenvalue weighted by Crippen LogP contribution is -2.52. The van der Waals surface area contributed by atoms with Crippen LogP contribution in [0.1, 0.15) is 18.2 Å². The third kappa shape index (κ3) is 2.43. The molecule has 1 atom stereocenters. The van der Waals surface area contributed by atoms with Crippen molar-refractivity contribution in [2.45, 2.75) is 25.5 Å². The summed E-state index contributed by atoms with van der Waals surface area (Å²) in [5.74, 6) is 1.51. The van der Waals surface area contributed by atoms with Gasteiger partial charge in [0.15, 0.2) is 17.3 Å². The van der Waals surface area contributed by atoms with Crippen LogP contribution in [0.3, 0.4) is 0 Å². The first-order valence-electron chi connectivity index (χ1n) is 7.65. The summed E-state index contributed by atoms with van der Waals surface area (Å²) >= 11 is 0. The average molecular weight is 314 g/mol. The topological polar surface area (TPSA) is 88.3 Å². The second-order valence-electron chi connectivity index (χ2n) is 5.98. The van der Waals surface area contributed by atoms with Crippen LogP contribution in [0.4, 0.5) is 5.82 Å². The van der Waals surface area contributed by atoms with Crippen LogP contribution < -0.4 is 20.1 Å². The summed E-state index contributed by atoms with van der Waals surface area (Å²) < 4.78 is 11.5. The van der Waals surface area contributed by atoms with Gasteiger partial charge in [-0.3, -0.25) is 9.89 Å². The van der Waals surface area contributed by atoms with E-state index in [1.165, 1.54) is 0 Å². The molecule has 0 radical (unpaired) electrons. The van der Waals surface area contributed by atoms with Crippen molar-refractivity contribution in [3.8, 4) is 11.5 Å². The Morgan fingerprint density at radius 2 is 2.17 bits per heavy atom. The molecule has 2 aliphatic rings. The molecule has 1 unspecified atom stereocenters. The molecule has 4 rings (SSSR count). The van der Waals surface area contributed by atoms with E-state index in [4.69, 9.17) is 9.47 Å². The third-order valence-electron chi connectivity index (χ3n) is 4.21. The standard InChI is InChI=1S/C16H18N4O3/c1-16(9-22-12-4-2-3-5-13(12)23-16)15(21)18-14-10-8-17-7-6-11(10)19-20-14/h2-5,17H,6-9H2,1H3,(H2,18,19,20,21). The molecule has 3 N–H and O–H groups in total. The van der Waals surface area contributed by atoms with Crippen molar-refractivity contribution in [1.29, 1.82) is 0 Å². The van der Waals surface area contributed by atoms with Crippen LogP contribution in [0, 0.1) is 0 Å². The van der Waals surface area contributed by atoms with Crippen molar-refractivity contribution in [2.24, 2.45) is 0 Å². The number of benzene rings is 1. The Morgan fingerprint density at radius 1 is 1.35 bits per heavy atom. The summed E-state index contributed by atoms with van der Waals surface area (Å²) in [6.45, 7) is 3.47. The molecule has 1 aromatic carbocycles. The Labute approximate surface area is 133 Å². The second-order valence-corrected chi connectivity index (χ2v) is 5.98. The Kier molecular flexibility index (Phi) is 3.23. The van der Waals surface area contributed by atoms with E-state index in [-0.39, 0.29) is 12.5 Å². The zero-order valence-corrected chi connectivity index (χ0v) is 12.8. The number of ether oxygens (including phenoxy) is 2. The highest BCUT2D eigenvalue weighted by molar-refractivity contribution is 5.97. The normalized spacial score (nSPS) is 22.3. The van der Waals surface area contributed by atoms with Crippen molar-refractivity contribution in [2.75, 3.05) is 18.5 Å². The Bertz CT molecular complexity index is 758. The molecule has 0 saturated heterocycles. The molecule has 0 bridgehead atoms. The highest BCUT2D eigenvalue weighted by Crippen LogP contribution is 2.35. The number of H-pyrrole nitrogens is 1. The fraction of sp³-hybridized carbons (Fsp3) is 0.375. The number of aromatic nitrogens is 2. The van der Waals surface area contributed by atoms with Gasteiger partial charge in [0.2, 0.25) is 5.60 Å². The largest absolute Gasteiger partial charge is 0.485 e. The summed E-state index contributed by atoms with van der Waals surface area (Å²) in [5, 5.41) is 13.3. The van der Waals surface area contributed by atoms with Gasteiger partial charge in [0.1, 0.15) is 6.61 Å². The Balaban J connectivity index is 1.54. The molecule has 7 nitrogen and oxygen atoms in total. The van der Waals surface area contributed by atoms with E-state index in [2.05, 4.69) is 20.8 Å². The first-order valence-corrected chi connectivity index (χ1v) is 7.65. The molecule has 1 amide bonds. The molecule has 0 fully saturated rings. The molecule has 2 aliphatic heterocycles. The number of carbonyl (C=O) groups excluding carboxylic acids is 1. The molecule has 120 valence electrons. The molecule has 7 heteroatoms. The van der Waals surface area contributed by atoms with Gasteiger partial charge in [0, 0.05) is 30.8 Å². The van der Waals surface area contributed by atoms with Crippen LogP contribution >= 0.6 is 0 Å². The number of hydrogen-bond acceptors (Lipinski definition) is 5. The number of hydrogen-bond donors (Lipinski definition) is 3. The Hall–Kier alpha value is -2.54. The van der Waals surface area contributed by atoms with Crippen molar-refractivity contribution < 1.29 is 14.3 Å². The maximum Gasteiger partial charge on any atom is 0.273 e. The molecule has 0 spiro atoms. The van der Waals surface area contributed by atoms with Crippen LogP contribution in [-0.2, 0) is 17.8 Å². The number of nitrogens with zero attached hydrogens (tertiary/aromatic N) is 1. The van der Waals surface area contributed by atoms with Gasteiger partial charge in [-0.05, 0) is 19.1 Å². The minimum Gasteiger partial charge on any atom is -0.485 e. The lowest BCUT2D eigenvalue weighted by atomic mass is 10.0. The second kappa shape index (κ2) is 5.27. The van der Waals surface area contributed by atoms with Crippen LogP contribution in [0.15, 0.2) is 24.3 Å². The number of aromatic amines is 1. The van der Waals surface area contributed by atoms with E-state index < -0.39 is 5.60 Å². The van der Waals surface area contributed by atoms with Gasteiger partial charge >= 0.3 is 0 Å². The number of rotatable bonds is 2. The van der Waals surface area contributed by atoms with E-state index in [1.807, 2.05) is 18.2 Å². The molecule has 0 saturated carbocycles. The van der Waals surface area contributed by atoms with Crippen LogP contribution in [0.2, 0.25) is 0 Å². The maximum absolute atomic E-state index is 12.7. The number of amides is 1. The number of nitrogens with one attached hydrogen (secondary N) is 3. The van der Waals surface area contributed by atoms with Crippen LogP contribution in [-0.4, -0.2) is 34.9 Å². The summed E-state index contributed by atoms with van der Waals surface area (Å²) in [4.78, 5) is 12.7. The zero-order valence-electron chi connectivity index (χ0n) is 12.8. The van der Waals surface area contributed by atoms with Crippen LogP contribution in [0.5, 0.6) is 11.5 Å². The van der Waals surface area contributed by atoms with Crippen molar-refractivity contribution in [1.82, 2.24) is 15.5 Å². The van der Waals surface area contributed by atoms with Gasteiger partial charge in [0.25, 0.3) is 5.91 Å². The average Bonchev–Trinajstić information content (AvgIpc) is 2.98. The van der Waals surface area contributed by atoms with E-state index in [1.54, 1.807) is 13.0 Å². The molecule has 23 heavy (non-hydrogen) atoms. The molecular formula is C16H18N4O3. The Morgan fingerprint density at radius 3 is 3.04 bits per heavy atom. The van der Waals surface area contributed by atoms with E-state index in [0.29, 0.717) is 23.9 Å². The van der Waals surface area contributed by atoms with E-state index >= 15 is 0 Å². The van der Waals surface area contributed by atoms with Crippen LogP contribution in [0.25, 0.3) is 0 Å².